The van der Waals surface area contributed by atoms with Crippen LogP contribution in [0.3, 0.4) is 0 Å². The fourth-order valence-corrected chi connectivity index (χ4v) is 7.98. The molecule has 1 aromatic heterocycles. The lowest BCUT2D eigenvalue weighted by atomic mass is 9.77. The first-order valence-corrected chi connectivity index (χ1v) is 19.4. The molecule has 5 rings (SSSR count). The van der Waals surface area contributed by atoms with Crippen LogP contribution in [0.5, 0.6) is 11.6 Å². The number of methoxy groups -OCH3 is 1. The molecule has 13 nitrogen and oxygen atoms in total. The Bertz CT molecular complexity index is 1890. The molecule has 298 valence electrons. The summed E-state index contributed by atoms with van der Waals surface area (Å²) in [7, 11) is -2.89. The van der Waals surface area contributed by atoms with E-state index >= 15 is 0 Å². The van der Waals surface area contributed by atoms with Crippen molar-refractivity contribution in [2.24, 2.45) is 22.7 Å². The second-order valence-corrected chi connectivity index (χ2v) is 17.4. The Morgan fingerprint density at radius 1 is 1.06 bits per heavy atom. The Labute approximate surface area is 312 Å². The molecule has 0 spiro atoms. The molecule has 1 saturated heterocycles. The summed E-state index contributed by atoms with van der Waals surface area (Å²) in [5.41, 5.74) is -5.17. The molecule has 17 heteroatoms. The van der Waals surface area contributed by atoms with Crippen molar-refractivity contribution < 1.29 is 59.2 Å². The Balaban J connectivity index is 1.44. The molecule has 1 aromatic carbocycles. The van der Waals surface area contributed by atoms with Gasteiger partial charge >= 0.3 is 22.4 Å². The highest BCUT2D eigenvalue weighted by atomic mass is 32.2. The number of ketones is 1. The third-order valence-electron chi connectivity index (χ3n) is 10.6. The van der Waals surface area contributed by atoms with Crippen molar-refractivity contribution in [3.05, 3.63) is 30.5 Å². The smallest absolute Gasteiger partial charge is 0.427 e. The van der Waals surface area contributed by atoms with Gasteiger partial charge in [-0.15, -0.1) is 0 Å². The molecule has 2 amide bonds. The summed E-state index contributed by atoms with van der Waals surface area (Å²) in [5, 5.41) is 1.38. The molecule has 3 fully saturated rings. The van der Waals surface area contributed by atoms with Crippen molar-refractivity contribution in [3.8, 4) is 11.6 Å². The average molecular weight is 784 g/mol. The van der Waals surface area contributed by atoms with Gasteiger partial charge in [-0.2, -0.15) is 21.6 Å². The lowest BCUT2D eigenvalue weighted by Gasteiger charge is -2.35. The first-order valence-electron chi connectivity index (χ1n) is 18.0. The number of esters is 1. The summed E-state index contributed by atoms with van der Waals surface area (Å²) in [5.74, 6) is -4.07. The normalized spacial score (nSPS) is 23.8. The Kier molecular flexibility index (Phi) is 11.4. The van der Waals surface area contributed by atoms with Crippen molar-refractivity contribution in [3.63, 3.8) is 0 Å². The highest BCUT2D eigenvalue weighted by Crippen LogP contribution is 2.58. The van der Waals surface area contributed by atoms with Crippen LogP contribution >= 0.6 is 0 Å². The van der Waals surface area contributed by atoms with Crippen LogP contribution in [0.25, 0.3) is 10.8 Å². The molecule has 2 saturated carbocycles. The van der Waals surface area contributed by atoms with Crippen LogP contribution in [-0.2, 0) is 38.4 Å². The van der Waals surface area contributed by atoms with Gasteiger partial charge in [-0.05, 0) is 74.1 Å². The van der Waals surface area contributed by atoms with Gasteiger partial charge in [-0.3, -0.25) is 23.4 Å². The number of ether oxygens (including phenoxy) is 3. The van der Waals surface area contributed by atoms with Crippen LogP contribution in [0.15, 0.2) is 30.5 Å². The lowest BCUT2D eigenvalue weighted by molar-refractivity contribution is -0.257. The number of fused-ring (bicyclic) bond motifs is 1. The third-order valence-corrected chi connectivity index (χ3v) is 11.5. The summed E-state index contributed by atoms with van der Waals surface area (Å²) in [6, 6.07) is 5.83. The van der Waals surface area contributed by atoms with Gasteiger partial charge in [-0.25, -0.2) is 9.71 Å². The molecular weight excluding hydrogens is 735 g/mol. The van der Waals surface area contributed by atoms with Crippen molar-refractivity contribution in [1.29, 1.82) is 0 Å². The van der Waals surface area contributed by atoms with E-state index in [-0.39, 0.29) is 31.2 Å². The number of hydrogen-bond acceptors (Lipinski definition) is 11. The molecule has 2 aliphatic carbocycles. The zero-order chi connectivity index (χ0) is 40.0. The van der Waals surface area contributed by atoms with E-state index < -0.39 is 93.5 Å². The van der Waals surface area contributed by atoms with Gasteiger partial charge in [-0.1, -0.05) is 34.1 Å². The van der Waals surface area contributed by atoms with Gasteiger partial charge < -0.3 is 19.1 Å². The SMILES string of the molecule is CC[C@@H]1C[C@]1(CC(=O)[C@@H]1C[C@@H](Oc2nccc3cc(OC)ccc23)CN1C(=O)[C@@H](CC(=O)OC(C)(C)C(F)(F)F)C(C)(C)C)C(=O)NS(=O)(=O)OC1CC1. The number of amides is 2. The van der Waals surface area contributed by atoms with E-state index in [4.69, 9.17) is 18.4 Å². The minimum absolute atomic E-state index is 0.0429. The minimum Gasteiger partial charge on any atom is -0.497 e. The Hall–Kier alpha value is -3.99. The predicted octanol–water partition coefficient (Wildman–Crippen LogP) is 5.44. The number of likely N-dealkylation sites (tertiary alicyclic amines) is 1. The van der Waals surface area contributed by atoms with Crippen molar-refractivity contribution in [1.82, 2.24) is 14.6 Å². The number of carbonyl (C=O) groups excluding carboxylic acids is 4. The quantitative estimate of drug-likeness (QED) is 0.229. The maximum absolute atomic E-state index is 14.5. The average Bonchev–Trinajstić information content (AvgIpc) is 3.97. The van der Waals surface area contributed by atoms with Gasteiger partial charge in [0.2, 0.25) is 23.3 Å². The van der Waals surface area contributed by atoms with E-state index in [1.807, 2.05) is 11.6 Å². The minimum atomic E-state index is -4.87. The number of benzene rings is 1. The largest absolute Gasteiger partial charge is 0.497 e. The summed E-state index contributed by atoms with van der Waals surface area (Å²) >= 11 is 0. The molecule has 5 atom stereocenters. The molecule has 2 heterocycles. The van der Waals surface area contributed by atoms with Gasteiger partial charge in [0, 0.05) is 24.4 Å². The second-order valence-electron chi connectivity index (χ2n) is 16.1. The zero-order valence-electron chi connectivity index (χ0n) is 31.4. The predicted molar refractivity (Wildman–Crippen MR) is 188 cm³/mol. The molecule has 0 radical (unpaired) electrons. The van der Waals surface area contributed by atoms with Gasteiger partial charge in [0.1, 0.15) is 11.9 Å². The van der Waals surface area contributed by atoms with E-state index in [1.165, 1.54) is 18.2 Å². The fraction of sp³-hybridized carbons (Fsp3) is 0.649. The van der Waals surface area contributed by atoms with Crippen LogP contribution in [-0.4, -0.2) is 85.6 Å². The Morgan fingerprint density at radius 3 is 2.31 bits per heavy atom. The van der Waals surface area contributed by atoms with Crippen LogP contribution in [0, 0.1) is 22.7 Å². The maximum Gasteiger partial charge on any atom is 0.427 e. The van der Waals surface area contributed by atoms with E-state index in [2.05, 4.69) is 4.98 Å². The number of carbonyl (C=O) groups is 4. The first-order chi connectivity index (χ1) is 25.0. The molecule has 54 heavy (non-hydrogen) atoms. The number of Topliss-reactive ketones (excluding diaryl/α,β-unsaturated/α-hetero) is 1. The monoisotopic (exact) mass is 783 g/mol. The van der Waals surface area contributed by atoms with E-state index in [1.54, 1.807) is 45.0 Å². The van der Waals surface area contributed by atoms with Gasteiger partial charge in [0.15, 0.2) is 5.78 Å². The van der Waals surface area contributed by atoms with Gasteiger partial charge in [0.25, 0.3) is 0 Å². The summed E-state index contributed by atoms with van der Waals surface area (Å²) in [4.78, 5) is 61.0. The van der Waals surface area contributed by atoms with Crippen molar-refractivity contribution in [2.45, 2.75) is 117 Å². The number of hydrogen-bond donors (Lipinski definition) is 1. The number of alkyl halides is 3. The van der Waals surface area contributed by atoms with Crippen LogP contribution < -0.4 is 14.2 Å². The fourth-order valence-electron chi connectivity index (χ4n) is 6.96. The van der Waals surface area contributed by atoms with Crippen molar-refractivity contribution in [2.75, 3.05) is 13.7 Å². The molecule has 0 unspecified atom stereocenters. The second kappa shape index (κ2) is 14.9. The molecule has 1 aliphatic heterocycles. The number of pyridine rings is 1. The van der Waals surface area contributed by atoms with E-state index in [0.717, 1.165) is 5.39 Å². The first kappa shape index (κ1) is 41.2. The number of aromatic nitrogens is 1. The zero-order valence-corrected chi connectivity index (χ0v) is 32.3. The third kappa shape index (κ3) is 9.09. The molecule has 3 aliphatic rings. The summed E-state index contributed by atoms with van der Waals surface area (Å²) < 4.78 is 89.3. The molecular formula is C37H48F3N3O10S. The lowest BCUT2D eigenvalue weighted by Crippen LogP contribution is -2.49. The van der Waals surface area contributed by atoms with Crippen LogP contribution in [0.4, 0.5) is 13.2 Å². The van der Waals surface area contributed by atoms with Crippen molar-refractivity contribution >= 4 is 44.6 Å². The molecule has 2 aromatic rings. The number of rotatable bonds is 15. The highest BCUT2D eigenvalue weighted by Gasteiger charge is 2.61. The van der Waals surface area contributed by atoms with E-state index in [9.17, 15) is 40.8 Å². The highest BCUT2D eigenvalue weighted by molar-refractivity contribution is 7.85. The Morgan fingerprint density at radius 2 is 1.74 bits per heavy atom. The standard InChI is InChI=1S/C37H48F3N3O10S/c1-8-22-18-36(22,33(47)42-54(48,49)53-23-9-10-23)19-29(44)28-16-25(51-31-26-12-11-24(50-7)15-21(26)13-14-41-31)20-43(28)32(46)27(34(2,3)4)17-30(45)52-35(5,6)37(38,39)40/h11-15,22-23,25,27-28H,8-10,16-20H2,1-7H3,(H,42,47)/t22-,25-,27-,28+,36-/m1/s1. The number of halogens is 3. The van der Waals surface area contributed by atoms with Crippen LogP contribution in [0.2, 0.25) is 0 Å². The van der Waals surface area contributed by atoms with E-state index in [0.29, 0.717) is 44.2 Å². The number of nitrogens with one attached hydrogen (secondary N) is 1. The topological polar surface area (TPSA) is 168 Å². The van der Waals surface area contributed by atoms with Crippen LogP contribution in [0.1, 0.15) is 86.5 Å². The summed E-state index contributed by atoms with van der Waals surface area (Å²) in [6.07, 6.45) is -4.01. The summed E-state index contributed by atoms with van der Waals surface area (Å²) in [6.45, 7) is 8.02. The molecule has 0 bridgehead atoms. The molecule has 1 N–H and O–H groups in total. The number of nitrogens with zero attached hydrogens (tertiary/aromatic N) is 2. The van der Waals surface area contributed by atoms with Gasteiger partial charge in [0.05, 0.1) is 43.6 Å². The maximum atomic E-state index is 14.5.